The Morgan fingerprint density at radius 2 is 2.11 bits per heavy atom. The van der Waals surface area contributed by atoms with Gasteiger partial charge in [0.05, 0.1) is 13.2 Å². The van der Waals surface area contributed by atoms with Crippen molar-refractivity contribution in [3.8, 4) is 17.2 Å². The molecule has 0 radical (unpaired) electrons. The number of ether oxygens (including phenoxy) is 4. The van der Waals surface area contributed by atoms with Gasteiger partial charge >= 0.3 is 0 Å². The maximum absolute atomic E-state index is 13.2. The summed E-state index contributed by atoms with van der Waals surface area (Å²) in [5, 5.41) is 0. The number of methoxy groups -OCH3 is 1. The van der Waals surface area contributed by atoms with Crippen molar-refractivity contribution in [3.05, 3.63) is 47.8 Å². The standard InChI is InChI=1S/C20H22N2O5/c1-22(15-5-7-26-18(15)13-4-3-6-21-12-13)20(23)14-10-16(24-2)19-17(11-14)25-8-9-27-19/h3-4,6,10-12,15,18H,5,7-9H2,1-2H3/t15-,18+/m0/s1. The van der Waals surface area contributed by atoms with Crippen LogP contribution >= 0.6 is 0 Å². The number of carbonyl (C=O) groups is 1. The van der Waals surface area contributed by atoms with E-state index >= 15 is 0 Å². The van der Waals surface area contributed by atoms with Gasteiger partial charge in [0, 0.05) is 37.2 Å². The Labute approximate surface area is 157 Å². The van der Waals surface area contributed by atoms with Gasteiger partial charge in [-0.2, -0.15) is 0 Å². The third kappa shape index (κ3) is 3.30. The largest absolute Gasteiger partial charge is 0.493 e. The molecule has 7 heteroatoms. The monoisotopic (exact) mass is 370 g/mol. The van der Waals surface area contributed by atoms with Gasteiger partial charge in [-0.1, -0.05) is 6.07 Å². The first-order chi connectivity index (χ1) is 13.2. The topological polar surface area (TPSA) is 70.1 Å². The highest BCUT2D eigenvalue weighted by Gasteiger charge is 2.36. The predicted molar refractivity (Wildman–Crippen MR) is 97.4 cm³/mol. The van der Waals surface area contributed by atoms with Crippen LogP contribution in [-0.4, -0.2) is 55.8 Å². The Morgan fingerprint density at radius 3 is 2.89 bits per heavy atom. The first-order valence-electron chi connectivity index (χ1n) is 8.95. The van der Waals surface area contributed by atoms with Gasteiger partial charge in [0.25, 0.3) is 5.91 Å². The van der Waals surface area contributed by atoms with Crippen LogP contribution in [-0.2, 0) is 4.74 Å². The summed E-state index contributed by atoms with van der Waals surface area (Å²) in [5.74, 6) is 1.45. The molecule has 0 N–H and O–H groups in total. The van der Waals surface area contributed by atoms with Crippen LogP contribution in [0.4, 0.5) is 0 Å². The highest BCUT2D eigenvalue weighted by Crippen LogP contribution is 2.41. The zero-order valence-corrected chi connectivity index (χ0v) is 15.4. The van der Waals surface area contributed by atoms with E-state index in [1.165, 1.54) is 0 Å². The van der Waals surface area contributed by atoms with Crippen LogP contribution in [0, 0.1) is 0 Å². The summed E-state index contributed by atoms with van der Waals surface area (Å²) in [6.07, 6.45) is 4.09. The fourth-order valence-electron chi connectivity index (χ4n) is 3.59. The number of likely N-dealkylation sites (N-methyl/N-ethyl adjacent to an activating group) is 1. The lowest BCUT2D eigenvalue weighted by atomic mass is 10.0. The van der Waals surface area contributed by atoms with Gasteiger partial charge < -0.3 is 23.8 Å². The number of hydrogen-bond acceptors (Lipinski definition) is 6. The normalized spacial score (nSPS) is 21.0. The highest BCUT2D eigenvalue weighted by molar-refractivity contribution is 5.95. The quantitative estimate of drug-likeness (QED) is 0.823. The summed E-state index contributed by atoms with van der Waals surface area (Å²) < 4.78 is 22.5. The number of hydrogen-bond donors (Lipinski definition) is 0. The molecular formula is C20H22N2O5. The number of aromatic nitrogens is 1. The molecular weight excluding hydrogens is 348 g/mol. The molecule has 142 valence electrons. The minimum absolute atomic E-state index is 0.0686. The molecule has 0 spiro atoms. The molecule has 1 amide bonds. The summed E-state index contributed by atoms with van der Waals surface area (Å²) in [7, 11) is 3.35. The molecule has 1 aromatic carbocycles. The van der Waals surface area contributed by atoms with E-state index in [-0.39, 0.29) is 18.1 Å². The van der Waals surface area contributed by atoms with Crippen molar-refractivity contribution in [1.29, 1.82) is 0 Å². The van der Waals surface area contributed by atoms with Crippen molar-refractivity contribution in [3.63, 3.8) is 0 Å². The van der Waals surface area contributed by atoms with Crippen molar-refractivity contribution >= 4 is 5.91 Å². The van der Waals surface area contributed by atoms with Crippen LogP contribution in [0.25, 0.3) is 0 Å². The number of fused-ring (bicyclic) bond motifs is 1. The van der Waals surface area contributed by atoms with Crippen LogP contribution in [0.3, 0.4) is 0 Å². The minimum Gasteiger partial charge on any atom is -0.493 e. The SMILES string of the molecule is COc1cc(C(=O)N(C)[C@H]2CCO[C@@H]2c2cccnc2)cc2c1OCCO2. The molecule has 27 heavy (non-hydrogen) atoms. The molecule has 2 atom stereocenters. The Balaban J connectivity index is 1.60. The van der Waals surface area contributed by atoms with Gasteiger partial charge in [0.1, 0.15) is 19.3 Å². The third-order valence-corrected chi connectivity index (χ3v) is 4.97. The smallest absolute Gasteiger partial charge is 0.254 e. The van der Waals surface area contributed by atoms with Crippen molar-refractivity contribution in [1.82, 2.24) is 9.88 Å². The van der Waals surface area contributed by atoms with Crippen LogP contribution in [0.2, 0.25) is 0 Å². The summed E-state index contributed by atoms with van der Waals surface area (Å²) in [6, 6.07) is 7.19. The second-order valence-electron chi connectivity index (χ2n) is 6.55. The van der Waals surface area contributed by atoms with Crippen LogP contribution in [0.15, 0.2) is 36.7 Å². The number of carbonyl (C=O) groups excluding carboxylic acids is 1. The molecule has 2 aliphatic rings. The van der Waals surface area contributed by atoms with Gasteiger partial charge in [-0.3, -0.25) is 9.78 Å². The summed E-state index contributed by atoms with van der Waals surface area (Å²) in [4.78, 5) is 19.1. The molecule has 0 aliphatic carbocycles. The van der Waals surface area contributed by atoms with Gasteiger partial charge in [0.15, 0.2) is 11.5 Å². The minimum atomic E-state index is -0.188. The molecule has 3 heterocycles. The average molecular weight is 370 g/mol. The first-order valence-corrected chi connectivity index (χ1v) is 8.95. The Kier molecular flexibility index (Phi) is 4.85. The van der Waals surface area contributed by atoms with Gasteiger partial charge in [-0.15, -0.1) is 0 Å². The van der Waals surface area contributed by atoms with E-state index in [9.17, 15) is 4.79 Å². The second kappa shape index (κ2) is 7.44. The Bertz CT molecular complexity index is 809. The molecule has 1 saturated heterocycles. The van der Waals surface area contributed by atoms with Crippen LogP contribution in [0.1, 0.15) is 28.4 Å². The molecule has 1 fully saturated rings. The van der Waals surface area contributed by atoms with E-state index in [2.05, 4.69) is 4.98 Å². The number of benzene rings is 1. The average Bonchev–Trinajstić information content (AvgIpc) is 3.22. The molecule has 1 aromatic heterocycles. The van der Waals surface area contributed by atoms with Crippen molar-refractivity contribution in [2.45, 2.75) is 18.6 Å². The van der Waals surface area contributed by atoms with E-state index in [1.54, 1.807) is 43.6 Å². The van der Waals surface area contributed by atoms with E-state index < -0.39 is 0 Å². The lowest BCUT2D eigenvalue weighted by molar-refractivity contribution is 0.0514. The van der Waals surface area contributed by atoms with E-state index in [0.717, 1.165) is 12.0 Å². The van der Waals surface area contributed by atoms with E-state index in [1.807, 2.05) is 12.1 Å². The first kappa shape index (κ1) is 17.6. The van der Waals surface area contributed by atoms with Crippen molar-refractivity contribution < 1.29 is 23.7 Å². The summed E-state index contributed by atoms with van der Waals surface area (Å²) in [5.41, 5.74) is 1.47. The van der Waals surface area contributed by atoms with Crippen molar-refractivity contribution in [2.75, 3.05) is 34.0 Å². The maximum Gasteiger partial charge on any atom is 0.254 e. The lowest BCUT2D eigenvalue weighted by Crippen LogP contribution is -2.39. The molecule has 7 nitrogen and oxygen atoms in total. The van der Waals surface area contributed by atoms with E-state index in [0.29, 0.717) is 42.6 Å². The maximum atomic E-state index is 13.2. The third-order valence-electron chi connectivity index (χ3n) is 4.97. The van der Waals surface area contributed by atoms with Gasteiger partial charge in [-0.05, 0) is 24.6 Å². The predicted octanol–water partition coefficient (Wildman–Crippen LogP) is 2.46. The lowest BCUT2D eigenvalue weighted by Gasteiger charge is -2.29. The number of nitrogens with zero attached hydrogens (tertiary/aromatic N) is 2. The molecule has 0 bridgehead atoms. The summed E-state index contributed by atoms with van der Waals surface area (Å²) in [6.45, 7) is 1.51. The zero-order valence-electron chi connectivity index (χ0n) is 15.4. The highest BCUT2D eigenvalue weighted by atomic mass is 16.6. The fraction of sp³-hybridized carbons (Fsp3) is 0.400. The Morgan fingerprint density at radius 1 is 1.26 bits per heavy atom. The number of rotatable bonds is 4. The Hall–Kier alpha value is -2.80. The molecule has 4 rings (SSSR count). The molecule has 2 aliphatic heterocycles. The molecule has 0 saturated carbocycles. The number of pyridine rings is 1. The van der Waals surface area contributed by atoms with Crippen LogP contribution in [0.5, 0.6) is 17.2 Å². The number of amides is 1. The zero-order chi connectivity index (χ0) is 18.8. The van der Waals surface area contributed by atoms with Crippen molar-refractivity contribution in [2.24, 2.45) is 0 Å². The second-order valence-corrected chi connectivity index (χ2v) is 6.55. The van der Waals surface area contributed by atoms with Gasteiger partial charge in [-0.25, -0.2) is 0 Å². The van der Waals surface area contributed by atoms with E-state index in [4.69, 9.17) is 18.9 Å². The summed E-state index contributed by atoms with van der Waals surface area (Å²) >= 11 is 0. The van der Waals surface area contributed by atoms with Crippen LogP contribution < -0.4 is 14.2 Å². The molecule has 0 unspecified atom stereocenters. The fourth-order valence-corrected chi connectivity index (χ4v) is 3.59. The van der Waals surface area contributed by atoms with Gasteiger partial charge in [0.2, 0.25) is 5.75 Å². The molecule has 2 aromatic rings.